The zero-order valence-electron chi connectivity index (χ0n) is 10.6. The molecule has 1 amide bonds. The maximum atomic E-state index is 11.5. The number of hydrogen-bond donors (Lipinski definition) is 2. The van der Waals surface area contributed by atoms with E-state index in [4.69, 9.17) is 0 Å². The summed E-state index contributed by atoms with van der Waals surface area (Å²) in [4.78, 5) is 13.6. The lowest BCUT2D eigenvalue weighted by Gasteiger charge is -2.22. The lowest BCUT2D eigenvalue weighted by atomic mass is 10.2. The minimum atomic E-state index is -0.112. The molecule has 0 aromatic rings. The average molecular weight is 215 g/mol. The third-order valence-corrected chi connectivity index (χ3v) is 2.54. The molecule has 2 unspecified atom stereocenters. The van der Waals surface area contributed by atoms with Crippen LogP contribution in [0.4, 0.5) is 0 Å². The van der Waals surface area contributed by atoms with Crippen LogP contribution in [0, 0.1) is 0 Å². The lowest BCUT2D eigenvalue weighted by molar-refractivity contribution is -0.122. The molecule has 0 aliphatic rings. The highest BCUT2D eigenvalue weighted by Crippen LogP contribution is 1.90. The largest absolute Gasteiger partial charge is 0.355 e. The molecule has 0 heterocycles. The number of rotatable bonds is 7. The van der Waals surface area contributed by atoms with Crippen LogP contribution in [0.1, 0.15) is 27.2 Å². The SMILES string of the molecule is CCCNC(=O)C(C)NCC(C)N(C)C. The zero-order valence-corrected chi connectivity index (χ0v) is 10.6. The first-order valence-electron chi connectivity index (χ1n) is 5.66. The van der Waals surface area contributed by atoms with E-state index in [9.17, 15) is 4.79 Å². The van der Waals surface area contributed by atoms with E-state index in [0.717, 1.165) is 19.5 Å². The number of hydrogen-bond acceptors (Lipinski definition) is 3. The Morgan fingerprint density at radius 1 is 1.33 bits per heavy atom. The van der Waals surface area contributed by atoms with E-state index in [-0.39, 0.29) is 11.9 Å². The third kappa shape index (κ3) is 6.47. The number of carbonyl (C=O) groups excluding carboxylic acids is 1. The molecular weight excluding hydrogens is 190 g/mol. The van der Waals surface area contributed by atoms with Crippen molar-refractivity contribution in [1.29, 1.82) is 0 Å². The van der Waals surface area contributed by atoms with E-state index in [1.165, 1.54) is 0 Å². The highest BCUT2D eigenvalue weighted by molar-refractivity contribution is 5.81. The molecule has 0 saturated carbocycles. The molecule has 15 heavy (non-hydrogen) atoms. The normalized spacial score (nSPS) is 15.1. The monoisotopic (exact) mass is 215 g/mol. The zero-order chi connectivity index (χ0) is 11.8. The first kappa shape index (κ1) is 14.4. The van der Waals surface area contributed by atoms with Gasteiger partial charge in [-0.25, -0.2) is 0 Å². The van der Waals surface area contributed by atoms with Gasteiger partial charge in [0, 0.05) is 19.1 Å². The van der Waals surface area contributed by atoms with Gasteiger partial charge in [0.25, 0.3) is 0 Å². The lowest BCUT2D eigenvalue weighted by Crippen LogP contribution is -2.46. The number of nitrogens with zero attached hydrogens (tertiary/aromatic N) is 1. The van der Waals surface area contributed by atoms with Gasteiger partial charge in [0.15, 0.2) is 0 Å². The fourth-order valence-electron chi connectivity index (χ4n) is 1.02. The number of amides is 1. The standard InChI is InChI=1S/C11H25N3O/c1-6-7-12-11(15)10(3)13-8-9(2)14(4)5/h9-10,13H,6-8H2,1-5H3,(H,12,15). The van der Waals surface area contributed by atoms with Crippen molar-refractivity contribution in [3.05, 3.63) is 0 Å². The van der Waals surface area contributed by atoms with Gasteiger partial charge in [-0.05, 0) is 34.4 Å². The summed E-state index contributed by atoms with van der Waals surface area (Å²) in [6.07, 6.45) is 0.979. The summed E-state index contributed by atoms with van der Waals surface area (Å²) in [6, 6.07) is 0.324. The van der Waals surface area contributed by atoms with Gasteiger partial charge >= 0.3 is 0 Å². The van der Waals surface area contributed by atoms with Gasteiger partial charge in [-0.15, -0.1) is 0 Å². The summed E-state index contributed by atoms with van der Waals surface area (Å²) < 4.78 is 0. The van der Waals surface area contributed by atoms with Crippen molar-refractivity contribution in [2.45, 2.75) is 39.3 Å². The average Bonchev–Trinajstić information content (AvgIpc) is 2.21. The second-order valence-corrected chi connectivity index (χ2v) is 4.23. The Kier molecular flexibility index (Phi) is 7.34. The second-order valence-electron chi connectivity index (χ2n) is 4.23. The Bertz CT molecular complexity index is 183. The van der Waals surface area contributed by atoms with Crippen molar-refractivity contribution >= 4 is 5.91 Å². The summed E-state index contributed by atoms with van der Waals surface area (Å²) in [6.45, 7) is 7.66. The van der Waals surface area contributed by atoms with Crippen molar-refractivity contribution in [3.63, 3.8) is 0 Å². The van der Waals surface area contributed by atoms with Crippen molar-refractivity contribution in [3.8, 4) is 0 Å². The van der Waals surface area contributed by atoms with Crippen LogP contribution in [0.25, 0.3) is 0 Å². The smallest absolute Gasteiger partial charge is 0.236 e. The number of nitrogens with one attached hydrogen (secondary N) is 2. The predicted molar refractivity (Wildman–Crippen MR) is 63.9 cm³/mol. The van der Waals surface area contributed by atoms with E-state index < -0.39 is 0 Å². The van der Waals surface area contributed by atoms with Gasteiger partial charge < -0.3 is 15.5 Å². The van der Waals surface area contributed by atoms with Crippen LogP contribution in [0.2, 0.25) is 0 Å². The molecule has 0 saturated heterocycles. The first-order valence-corrected chi connectivity index (χ1v) is 5.66. The summed E-state index contributed by atoms with van der Waals surface area (Å²) in [5.74, 6) is 0.0859. The Labute approximate surface area is 93.4 Å². The summed E-state index contributed by atoms with van der Waals surface area (Å²) >= 11 is 0. The molecule has 2 N–H and O–H groups in total. The van der Waals surface area contributed by atoms with Crippen LogP contribution in [-0.4, -0.2) is 50.1 Å². The molecule has 0 rings (SSSR count). The van der Waals surface area contributed by atoms with Crippen LogP contribution in [0.3, 0.4) is 0 Å². The van der Waals surface area contributed by atoms with E-state index in [2.05, 4.69) is 22.5 Å². The van der Waals surface area contributed by atoms with Crippen LogP contribution in [0.5, 0.6) is 0 Å². The molecule has 2 atom stereocenters. The molecule has 4 nitrogen and oxygen atoms in total. The van der Waals surface area contributed by atoms with Crippen molar-refractivity contribution < 1.29 is 4.79 Å². The maximum absolute atomic E-state index is 11.5. The third-order valence-electron chi connectivity index (χ3n) is 2.54. The summed E-state index contributed by atoms with van der Waals surface area (Å²) in [7, 11) is 4.07. The molecular formula is C11H25N3O. The quantitative estimate of drug-likeness (QED) is 0.648. The minimum Gasteiger partial charge on any atom is -0.355 e. The molecule has 0 radical (unpaired) electrons. The Hall–Kier alpha value is -0.610. The molecule has 0 spiro atoms. The molecule has 0 aromatic heterocycles. The van der Waals surface area contributed by atoms with Crippen LogP contribution < -0.4 is 10.6 Å². The van der Waals surface area contributed by atoms with Gasteiger partial charge in [-0.2, -0.15) is 0 Å². The van der Waals surface area contributed by atoms with Gasteiger partial charge in [0.1, 0.15) is 0 Å². The van der Waals surface area contributed by atoms with Crippen molar-refractivity contribution in [2.24, 2.45) is 0 Å². The molecule has 0 aliphatic heterocycles. The van der Waals surface area contributed by atoms with Gasteiger partial charge in [-0.1, -0.05) is 6.92 Å². The Morgan fingerprint density at radius 3 is 2.40 bits per heavy atom. The molecule has 0 fully saturated rings. The maximum Gasteiger partial charge on any atom is 0.236 e. The number of likely N-dealkylation sites (N-methyl/N-ethyl adjacent to an activating group) is 1. The van der Waals surface area contributed by atoms with Crippen LogP contribution in [0.15, 0.2) is 0 Å². The summed E-state index contributed by atoms with van der Waals surface area (Å²) in [5, 5.41) is 6.09. The fourth-order valence-corrected chi connectivity index (χ4v) is 1.02. The van der Waals surface area contributed by atoms with Crippen molar-refractivity contribution in [2.75, 3.05) is 27.2 Å². The molecule has 0 aromatic carbocycles. The van der Waals surface area contributed by atoms with Gasteiger partial charge in [0.2, 0.25) is 5.91 Å². The van der Waals surface area contributed by atoms with Crippen molar-refractivity contribution in [1.82, 2.24) is 15.5 Å². The van der Waals surface area contributed by atoms with E-state index in [1.807, 2.05) is 27.9 Å². The molecule has 0 aliphatic carbocycles. The highest BCUT2D eigenvalue weighted by atomic mass is 16.2. The summed E-state index contributed by atoms with van der Waals surface area (Å²) in [5.41, 5.74) is 0. The molecule has 0 bridgehead atoms. The first-order chi connectivity index (χ1) is 6.99. The second kappa shape index (κ2) is 7.65. The number of carbonyl (C=O) groups is 1. The molecule has 4 heteroatoms. The fraction of sp³-hybridized carbons (Fsp3) is 0.909. The molecule has 90 valence electrons. The Morgan fingerprint density at radius 2 is 1.93 bits per heavy atom. The van der Waals surface area contributed by atoms with Crippen LogP contribution >= 0.6 is 0 Å². The van der Waals surface area contributed by atoms with Gasteiger partial charge in [0.05, 0.1) is 6.04 Å². The van der Waals surface area contributed by atoms with E-state index >= 15 is 0 Å². The Balaban J connectivity index is 3.72. The van der Waals surface area contributed by atoms with E-state index in [1.54, 1.807) is 0 Å². The topological polar surface area (TPSA) is 44.4 Å². The van der Waals surface area contributed by atoms with E-state index in [0.29, 0.717) is 6.04 Å². The van der Waals surface area contributed by atoms with Gasteiger partial charge in [-0.3, -0.25) is 4.79 Å². The predicted octanol–water partition coefficient (Wildman–Crippen LogP) is 0.441. The minimum absolute atomic E-state index is 0.0859. The van der Waals surface area contributed by atoms with Crippen LogP contribution in [-0.2, 0) is 4.79 Å². The highest BCUT2D eigenvalue weighted by Gasteiger charge is 2.12.